The van der Waals surface area contributed by atoms with Crippen LogP contribution in [0.5, 0.6) is 11.5 Å². The van der Waals surface area contributed by atoms with Gasteiger partial charge in [0.25, 0.3) is 5.91 Å². The van der Waals surface area contributed by atoms with E-state index >= 15 is 0 Å². The second-order valence-electron chi connectivity index (χ2n) is 5.01. The summed E-state index contributed by atoms with van der Waals surface area (Å²) in [6, 6.07) is 9.40. The topological polar surface area (TPSA) is 85.2 Å². The normalized spacial score (nSPS) is 10.7. The monoisotopic (exact) mass is 377 g/mol. The van der Waals surface area contributed by atoms with Gasteiger partial charge in [-0.3, -0.25) is 4.79 Å². The van der Waals surface area contributed by atoms with Gasteiger partial charge in [0.2, 0.25) is 0 Å². The van der Waals surface area contributed by atoms with Gasteiger partial charge in [0.05, 0.1) is 17.5 Å². The first kappa shape index (κ1) is 16.8. The summed E-state index contributed by atoms with van der Waals surface area (Å²) < 4.78 is 0.911. The zero-order valence-electron chi connectivity index (χ0n) is 12.6. The van der Waals surface area contributed by atoms with E-state index in [0.29, 0.717) is 0 Å². The van der Waals surface area contributed by atoms with Gasteiger partial charge in [0.15, 0.2) is 0 Å². The van der Waals surface area contributed by atoms with Gasteiger partial charge in [0, 0.05) is 24.6 Å². The Morgan fingerprint density at radius 3 is 2.57 bits per heavy atom. The molecule has 0 radical (unpaired) electrons. The van der Waals surface area contributed by atoms with E-state index in [9.17, 15) is 15.0 Å². The van der Waals surface area contributed by atoms with Crippen LogP contribution in [0.15, 0.2) is 46.0 Å². The number of nitrogens with zero attached hydrogens (tertiary/aromatic N) is 2. The summed E-state index contributed by atoms with van der Waals surface area (Å²) in [6.07, 6.45) is 1.50. The smallest absolute Gasteiger partial charge is 0.275 e. The highest BCUT2D eigenvalue weighted by atomic mass is 79.9. The molecule has 23 heavy (non-hydrogen) atoms. The summed E-state index contributed by atoms with van der Waals surface area (Å²) in [6.45, 7) is 0. The fraction of sp³-hybridized carbons (Fsp3) is 0.125. The molecule has 0 aliphatic carbocycles. The minimum Gasteiger partial charge on any atom is -0.508 e. The van der Waals surface area contributed by atoms with E-state index in [1.165, 1.54) is 18.3 Å². The number of hydrazone groups is 1. The number of hydrogen-bond acceptors (Lipinski definition) is 5. The molecule has 0 unspecified atom stereocenters. The summed E-state index contributed by atoms with van der Waals surface area (Å²) in [5, 5.41) is 22.7. The zero-order valence-corrected chi connectivity index (χ0v) is 14.2. The van der Waals surface area contributed by atoms with Gasteiger partial charge in [-0.25, -0.2) is 5.43 Å². The Morgan fingerprint density at radius 2 is 1.96 bits per heavy atom. The van der Waals surface area contributed by atoms with Crippen LogP contribution in [0.4, 0.5) is 5.69 Å². The minimum atomic E-state index is -0.567. The van der Waals surface area contributed by atoms with Gasteiger partial charge in [-0.05, 0) is 45.8 Å². The third kappa shape index (κ3) is 4.23. The quantitative estimate of drug-likeness (QED) is 0.564. The molecule has 0 spiro atoms. The number of nitrogens with one attached hydrogen (secondary N) is 1. The molecule has 0 saturated heterocycles. The second kappa shape index (κ2) is 7.15. The number of aromatic hydroxyl groups is 2. The van der Waals surface area contributed by atoms with E-state index in [2.05, 4.69) is 26.5 Å². The van der Waals surface area contributed by atoms with Gasteiger partial charge in [-0.2, -0.15) is 5.10 Å². The molecule has 0 bridgehead atoms. The Hall–Kier alpha value is -2.54. The lowest BCUT2D eigenvalue weighted by molar-refractivity contribution is 0.0952. The van der Waals surface area contributed by atoms with Crippen molar-refractivity contribution in [3.8, 4) is 11.5 Å². The summed E-state index contributed by atoms with van der Waals surface area (Å²) in [5.74, 6) is -0.994. The lowest BCUT2D eigenvalue weighted by Gasteiger charge is -2.14. The van der Waals surface area contributed by atoms with Crippen molar-refractivity contribution >= 4 is 33.7 Å². The summed E-state index contributed by atoms with van der Waals surface area (Å²) in [5.41, 5.74) is 4.19. The van der Waals surface area contributed by atoms with Crippen LogP contribution in [0.3, 0.4) is 0 Å². The van der Waals surface area contributed by atoms with E-state index in [1.807, 2.05) is 37.2 Å². The number of halogens is 1. The predicted octanol–water partition coefficient (Wildman–Crippen LogP) is 2.69. The number of carbonyl (C=O) groups excluding carboxylic acids is 1. The third-order valence-electron chi connectivity index (χ3n) is 3.06. The van der Waals surface area contributed by atoms with Crippen LogP contribution >= 0.6 is 15.9 Å². The second-order valence-corrected chi connectivity index (χ2v) is 5.86. The molecule has 6 nitrogen and oxygen atoms in total. The highest BCUT2D eigenvalue weighted by Crippen LogP contribution is 2.25. The van der Waals surface area contributed by atoms with Crippen molar-refractivity contribution in [3.05, 3.63) is 52.0 Å². The fourth-order valence-corrected chi connectivity index (χ4v) is 2.65. The van der Waals surface area contributed by atoms with Crippen molar-refractivity contribution in [3.63, 3.8) is 0 Å². The number of anilines is 1. The van der Waals surface area contributed by atoms with Crippen LogP contribution in [0.1, 0.15) is 15.9 Å². The molecule has 0 aliphatic heterocycles. The van der Waals surface area contributed by atoms with Gasteiger partial charge in [-0.15, -0.1) is 0 Å². The van der Waals surface area contributed by atoms with Gasteiger partial charge in [0.1, 0.15) is 11.5 Å². The Bertz CT molecular complexity index is 760. The van der Waals surface area contributed by atoms with Crippen molar-refractivity contribution in [1.29, 1.82) is 0 Å². The van der Waals surface area contributed by atoms with Gasteiger partial charge in [-0.1, -0.05) is 6.07 Å². The largest absolute Gasteiger partial charge is 0.508 e. The number of carbonyl (C=O) groups is 1. The molecule has 0 saturated carbocycles. The molecule has 2 aromatic carbocycles. The molecular formula is C16H16BrN3O3. The molecule has 7 heteroatoms. The predicted molar refractivity (Wildman–Crippen MR) is 93.3 cm³/mol. The van der Waals surface area contributed by atoms with E-state index < -0.39 is 5.91 Å². The van der Waals surface area contributed by atoms with E-state index in [4.69, 9.17) is 0 Å². The fourth-order valence-electron chi connectivity index (χ4n) is 1.90. The first-order chi connectivity index (χ1) is 10.9. The zero-order chi connectivity index (χ0) is 17.0. The molecule has 0 heterocycles. The van der Waals surface area contributed by atoms with Crippen LogP contribution in [-0.2, 0) is 0 Å². The van der Waals surface area contributed by atoms with Crippen LogP contribution in [-0.4, -0.2) is 36.4 Å². The Kier molecular flexibility index (Phi) is 5.23. The maximum Gasteiger partial charge on any atom is 0.275 e. The molecule has 0 fully saturated rings. The van der Waals surface area contributed by atoms with E-state index in [0.717, 1.165) is 21.8 Å². The molecule has 2 aromatic rings. The van der Waals surface area contributed by atoms with Crippen molar-refractivity contribution in [2.45, 2.75) is 0 Å². The van der Waals surface area contributed by atoms with Crippen LogP contribution in [0.25, 0.3) is 0 Å². The van der Waals surface area contributed by atoms with Crippen LogP contribution < -0.4 is 10.3 Å². The number of hydrogen-bond donors (Lipinski definition) is 3. The highest BCUT2D eigenvalue weighted by molar-refractivity contribution is 9.10. The standard InChI is InChI=1S/C16H16BrN3O3/c1-20(2)14-6-3-10(7-13(14)17)9-18-19-16(23)12-5-4-11(21)8-15(12)22/h3-9,21-22H,1-2H3,(H,19,23). The van der Waals surface area contributed by atoms with Crippen LogP contribution in [0.2, 0.25) is 0 Å². The molecule has 1 amide bonds. The van der Waals surface area contributed by atoms with Crippen molar-refractivity contribution in [1.82, 2.24) is 5.43 Å². The molecule has 0 aromatic heterocycles. The van der Waals surface area contributed by atoms with Crippen molar-refractivity contribution in [2.75, 3.05) is 19.0 Å². The van der Waals surface area contributed by atoms with Crippen molar-refractivity contribution < 1.29 is 15.0 Å². The molecule has 120 valence electrons. The van der Waals surface area contributed by atoms with E-state index in [-0.39, 0.29) is 17.1 Å². The summed E-state index contributed by atoms with van der Waals surface area (Å²) >= 11 is 3.47. The van der Waals surface area contributed by atoms with Crippen LogP contribution in [0, 0.1) is 0 Å². The molecule has 0 atom stereocenters. The summed E-state index contributed by atoms with van der Waals surface area (Å²) in [4.78, 5) is 13.9. The molecule has 0 aliphatic rings. The molecular weight excluding hydrogens is 362 g/mol. The lowest BCUT2D eigenvalue weighted by atomic mass is 10.2. The minimum absolute atomic E-state index is 0.0316. The number of rotatable bonds is 4. The maximum atomic E-state index is 11.9. The first-order valence-corrected chi connectivity index (χ1v) is 7.50. The van der Waals surface area contributed by atoms with Gasteiger partial charge < -0.3 is 15.1 Å². The SMILES string of the molecule is CN(C)c1ccc(C=NNC(=O)c2ccc(O)cc2O)cc1Br. The average Bonchev–Trinajstić information content (AvgIpc) is 2.46. The number of benzene rings is 2. The maximum absolute atomic E-state index is 11.9. The van der Waals surface area contributed by atoms with E-state index in [1.54, 1.807) is 0 Å². The molecule has 3 N–H and O–H groups in total. The lowest BCUT2D eigenvalue weighted by Crippen LogP contribution is -2.17. The summed E-state index contributed by atoms with van der Waals surface area (Å²) in [7, 11) is 3.89. The average molecular weight is 378 g/mol. The number of phenols is 2. The third-order valence-corrected chi connectivity index (χ3v) is 3.69. The van der Waals surface area contributed by atoms with Crippen molar-refractivity contribution in [2.24, 2.45) is 5.10 Å². The Labute approximate surface area is 142 Å². The number of phenolic OH excluding ortho intramolecular Hbond substituents is 2. The number of amides is 1. The first-order valence-electron chi connectivity index (χ1n) is 6.70. The van der Waals surface area contributed by atoms with Gasteiger partial charge >= 0.3 is 0 Å². The Morgan fingerprint density at radius 1 is 1.22 bits per heavy atom. The Balaban J connectivity index is 2.06. The molecule has 2 rings (SSSR count). The highest BCUT2D eigenvalue weighted by Gasteiger charge is 2.10.